The fraction of sp³-hybridized carbons (Fsp3) is 0.188. The maximum Gasteiger partial charge on any atom is 0.440 e. The van der Waals surface area contributed by atoms with Crippen molar-refractivity contribution in [2.24, 2.45) is 10.1 Å². The van der Waals surface area contributed by atoms with Crippen molar-refractivity contribution in [2.75, 3.05) is 11.4 Å². The number of aliphatic imine (C=N–C) groups is 1. The molecule has 2 aromatic rings. The Morgan fingerprint density at radius 1 is 1.15 bits per heavy atom. The molecule has 0 aromatic heterocycles. The third kappa shape index (κ3) is 3.66. The number of amidine groups is 1. The van der Waals surface area contributed by atoms with Gasteiger partial charge in [-0.05, 0) is 36.4 Å². The van der Waals surface area contributed by atoms with E-state index in [9.17, 15) is 31.1 Å². The molecule has 0 radical (unpaired) electrons. The number of halogens is 4. The van der Waals surface area contributed by atoms with Crippen LogP contribution in [0.25, 0.3) is 0 Å². The number of rotatable bonds is 3. The summed E-state index contributed by atoms with van der Waals surface area (Å²) in [6.07, 6.45) is -5.07. The van der Waals surface area contributed by atoms with Crippen LogP contribution in [0.3, 0.4) is 0 Å². The van der Waals surface area contributed by atoms with Crippen LogP contribution in [0.2, 0.25) is 0 Å². The van der Waals surface area contributed by atoms with Gasteiger partial charge in [0.2, 0.25) is 10.0 Å². The van der Waals surface area contributed by atoms with Crippen molar-refractivity contribution >= 4 is 21.5 Å². The van der Waals surface area contributed by atoms with E-state index in [0.29, 0.717) is 0 Å². The van der Waals surface area contributed by atoms with E-state index >= 15 is 0 Å². The molecule has 1 atom stereocenters. The molecule has 0 aliphatic carbocycles. The lowest BCUT2D eigenvalue weighted by Crippen LogP contribution is -2.47. The van der Waals surface area contributed by atoms with Crippen molar-refractivity contribution in [2.45, 2.75) is 16.8 Å². The number of β-amino-alcohol motifs (C(OH)–C–C–N with tert-alkyl or cyclic N) is 1. The van der Waals surface area contributed by atoms with Gasteiger partial charge in [-0.2, -0.15) is 13.2 Å². The molecule has 2 aromatic carbocycles. The Balaban J connectivity index is 2.09. The third-order valence-corrected chi connectivity index (χ3v) is 4.87. The normalized spacial score (nSPS) is 20.7. The molecule has 1 unspecified atom stereocenters. The summed E-state index contributed by atoms with van der Waals surface area (Å²) in [5.41, 5.74) is -3.26. The minimum Gasteiger partial charge on any atom is -0.361 e. The summed E-state index contributed by atoms with van der Waals surface area (Å²) in [5, 5.41) is 15.0. The van der Waals surface area contributed by atoms with E-state index in [2.05, 4.69) is 4.99 Å². The van der Waals surface area contributed by atoms with Gasteiger partial charge in [0.05, 0.1) is 11.4 Å². The Morgan fingerprint density at radius 3 is 2.30 bits per heavy atom. The van der Waals surface area contributed by atoms with Crippen LogP contribution in [0.15, 0.2) is 58.4 Å². The summed E-state index contributed by atoms with van der Waals surface area (Å²) in [4.78, 5) is 4.18. The van der Waals surface area contributed by atoms with Gasteiger partial charge in [-0.15, -0.1) is 0 Å². The number of anilines is 1. The van der Waals surface area contributed by atoms with Crippen molar-refractivity contribution < 1.29 is 31.1 Å². The van der Waals surface area contributed by atoms with Crippen molar-refractivity contribution in [1.82, 2.24) is 0 Å². The lowest BCUT2D eigenvalue weighted by molar-refractivity contribution is -0.249. The highest BCUT2D eigenvalue weighted by molar-refractivity contribution is 7.89. The number of benzene rings is 2. The van der Waals surface area contributed by atoms with Gasteiger partial charge in [0.25, 0.3) is 5.72 Å². The number of nitrogens with zero attached hydrogens (tertiary/aromatic N) is 2. The summed E-state index contributed by atoms with van der Waals surface area (Å²) < 4.78 is 76.0. The maximum absolute atomic E-state index is 13.5. The lowest BCUT2D eigenvalue weighted by atomic mass is 10.1. The average Bonchev–Trinajstić information content (AvgIpc) is 2.93. The predicted octanol–water partition coefficient (Wildman–Crippen LogP) is 1.99. The number of aliphatic hydroxyl groups is 1. The van der Waals surface area contributed by atoms with Gasteiger partial charge in [-0.25, -0.2) is 22.9 Å². The molecular weight excluding hydrogens is 390 g/mol. The van der Waals surface area contributed by atoms with Crippen molar-refractivity contribution in [3.05, 3.63) is 59.9 Å². The smallest absolute Gasteiger partial charge is 0.361 e. The highest BCUT2D eigenvalue weighted by atomic mass is 32.2. The summed E-state index contributed by atoms with van der Waals surface area (Å²) in [6, 6.07) is 9.38. The second-order valence-electron chi connectivity index (χ2n) is 5.89. The van der Waals surface area contributed by atoms with E-state index < -0.39 is 34.3 Å². The van der Waals surface area contributed by atoms with Crippen LogP contribution in [0.1, 0.15) is 5.56 Å². The maximum atomic E-state index is 13.5. The summed E-state index contributed by atoms with van der Waals surface area (Å²) in [5.74, 6) is -1.00. The van der Waals surface area contributed by atoms with Gasteiger partial charge in [0, 0.05) is 11.3 Å². The predicted molar refractivity (Wildman–Crippen MR) is 89.1 cm³/mol. The van der Waals surface area contributed by atoms with E-state index in [-0.39, 0.29) is 22.0 Å². The fourth-order valence-electron chi connectivity index (χ4n) is 2.60. The largest absolute Gasteiger partial charge is 0.440 e. The molecule has 0 bridgehead atoms. The number of alkyl halides is 3. The second-order valence-corrected chi connectivity index (χ2v) is 7.45. The Morgan fingerprint density at radius 2 is 1.78 bits per heavy atom. The van der Waals surface area contributed by atoms with Crippen LogP contribution < -0.4 is 10.0 Å². The third-order valence-electron chi connectivity index (χ3n) is 3.94. The summed E-state index contributed by atoms with van der Waals surface area (Å²) in [7, 11) is -3.99. The first-order valence-corrected chi connectivity index (χ1v) is 9.01. The minimum atomic E-state index is -5.07. The van der Waals surface area contributed by atoms with E-state index in [4.69, 9.17) is 5.14 Å². The highest BCUT2D eigenvalue weighted by Gasteiger charge is 2.58. The molecule has 11 heteroatoms. The van der Waals surface area contributed by atoms with Gasteiger partial charge >= 0.3 is 6.18 Å². The molecule has 1 aliphatic heterocycles. The molecular formula is C16H13F4N3O3S. The number of nitrogens with two attached hydrogens (primary N) is 1. The first-order chi connectivity index (χ1) is 12.4. The van der Waals surface area contributed by atoms with Gasteiger partial charge in [0.1, 0.15) is 11.7 Å². The van der Waals surface area contributed by atoms with E-state index in [1.165, 1.54) is 24.3 Å². The Bertz CT molecular complexity index is 1010. The molecule has 3 rings (SSSR count). The molecule has 27 heavy (non-hydrogen) atoms. The summed E-state index contributed by atoms with van der Waals surface area (Å²) in [6.45, 7) is -0.975. The number of hydrogen-bond donors (Lipinski definition) is 2. The molecule has 0 spiro atoms. The standard InChI is InChI=1S/C16H13F4N3O3S/c17-11-3-1-2-10(8-11)14-22-15(24,16(18,19)20)9-23(14)12-4-6-13(7-5-12)27(21,25)26/h1-8,24H,9H2,(H2,21,25,26). The zero-order valence-corrected chi connectivity index (χ0v) is 14.3. The topological polar surface area (TPSA) is 96.0 Å². The summed E-state index contributed by atoms with van der Waals surface area (Å²) >= 11 is 0. The van der Waals surface area contributed by atoms with Gasteiger partial charge < -0.3 is 10.0 Å². The second kappa shape index (κ2) is 6.29. The molecule has 3 N–H and O–H groups in total. The van der Waals surface area contributed by atoms with E-state index in [1.807, 2.05) is 0 Å². The molecule has 0 saturated carbocycles. The van der Waals surface area contributed by atoms with Crippen LogP contribution in [0, 0.1) is 5.82 Å². The molecule has 0 saturated heterocycles. The Kier molecular flexibility index (Phi) is 4.49. The quantitative estimate of drug-likeness (QED) is 0.767. The van der Waals surface area contributed by atoms with Crippen LogP contribution >= 0.6 is 0 Å². The SMILES string of the molecule is NS(=O)(=O)c1ccc(N2CC(O)(C(F)(F)F)N=C2c2cccc(F)c2)cc1. The van der Waals surface area contributed by atoms with E-state index in [0.717, 1.165) is 29.2 Å². The molecule has 1 aliphatic rings. The molecule has 1 heterocycles. The number of primary sulfonamides is 1. The Labute approximate surface area is 151 Å². The van der Waals surface area contributed by atoms with Gasteiger partial charge in [0.15, 0.2) is 0 Å². The Hall–Kier alpha value is -2.50. The van der Waals surface area contributed by atoms with Crippen LogP contribution in [0.4, 0.5) is 23.2 Å². The van der Waals surface area contributed by atoms with Crippen molar-refractivity contribution in [1.29, 1.82) is 0 Å². The van der Waals surface area contributed by atoms with Gasteiger partial charge in [-0.1, -0.05) is 12.1 Å². The van der Waals surface area contributed by atoms with Crippen LogP contribution in [-0.4, -0.2) is 37.8 Å². The number of hydrogen-bond acceptors (Lipinski definition) is 5. The van der Waals surface area contributed by atoms with Crippen LogP contribution in [0.5, 0.6) is 0 Å². The first kappa shape index (κ1) is 19.3. The first-order valence-electron chi connectivity index (χ1n) is 7.46. The molecule has 0 amide bonds. The number of sulfonamides is 1. The zero-order valence-electron chi connectivity index (χ0n) is 13.5. The fourth-order valence-corrected chi connectivity index (χ4v) is 3.11. The molecule has 6 nitrogen and oxygen atoms in total. The van der Waals surface area contributed by atoms with Crippen molar-refractivity contribution in [3.63, 3.8) is 0 Å². The van der Waals surface area contributed by atoms with Crippen LogP contribution in [-0.2, 0) is 10.0 Å². The average molecular weight is 403 g/mol. The monoisotopic (exact) mass is 403 g/mol. The lowest BCUT2D eigenvalue weighted by Gasteiger charge is -2.25. The zero-order chi connectivity index (χ0) is 20.0. The molecule has 144 valence electrons. The molecule has 0 fully saturated rings. The van der Waals surface area contributed by atoms with Gasteiger partial charge in [-0.3, -0.25) is 0 Å². The minimum absolute atomic E-state index is 0.0192. The van der Waals surface area contributed by atoms with Crippen molar-refractivity contribution in [3.8, 4) is 0 Å². The highest BCUT2D eigenvalue weighted by Crippen LogP contribution is 2.39. The van der Waals surface area contributed by atoms with E-state index in [1.54, 1.807) is 0 Å².